The maximum absolute atomic E-state index is 13.0. The molecular formula is C16H17F3N2O3. The smallest absolute Gasteiger partial charge is 0.387 e. The van der Waals surface area contributed by atoms with Gasteiger partial charge < -0.3 is 10.4 Å². The third-order valence-electron chi connectivity index (χ3n) is 4.68. The van der Waals surface area contributed by atoms with Crippen LogP contribution in [-0.2, 0) is 11.0 Å². The van der Waals surface area contributed by atoms with Gasteiger partial charge in [0.15, 0.2) is 0 Å². The number of nitrogens with one attached hydrogen (secondary N) is 1. The highest BCUT2D eigenvalue weighted by atomic mass is 19.4. The zero-order valence-corrected chi connectivity index (χ0v) is 12.8. The number of carbonyl (C=O) groups is 2. The summed E-state index contributed by atoms with van der Waals surface area (Å²) in [5.74, 6) is -0.464. The molecule has 0 radical (unpaired) electrons. The Morgan fingerprint density at radius 2 is 1.83 bits per heavy atom. The minimum atomic E-state index is -4.62. The Morgan fingerprint density at radius 3 is 2.46 bits per heavy atom. The Bertz CT molecular complexity index is 669. The molecule has 0 bridgehead atoms. The third kappa shape index (κ3) is 2.75. The van der Waals surface area contributed by atoms with Gasteiger partial charge in [-0.05, 0) is 24.5 Å². The first-order valence-electron chi connectivity index (χ1n) is 7.73. The Balaban J connectivity index is 1.82. The van der Waals surface area contributed by atoms with E-state index < -0.39 is 41.9 Å². The predicted octanol–water partition coefficient (Wildman–Crippen LogP) is 2.60. The number of urea groups is 1. The maximum atomic E-state index is 13.0. The normalized spacial score (nSPS) is 21.4. The summed E-state index contributed by atoms with van der Waals surface area (Å²) in [7, 11) is 0. The van der Waals surface area contributed by atoms with Gasteiger partial charge in [0.1, 0.15) is 5.54 Å². The molecule has 1 heterocycles. The van der Waals surface area contributed by atoms with Gasteiger partial charge in [0, 0.05) is 0 Å². The number of rotatable bonds is 3. The largest absolute Gasteiger partial charge is 0.416 e. The van der Waals surface area contributed by atoms with E-state index in [4.69, 9.17) is 0 Å². The predicted molar refractivity (Wildman–Crippen MR) is 77.8 cm³/mol. The average Bonchev–Trinajstić information content (AvgIpc) is 3.08. The highest BCUT2D eigenvalue weighted by molar-refractivity contribution is 6.07. The number of nitrogens with zero attached hydrogens (tertiary/aromatic N) is 1. The highest BCUT2D eigenvalue weighted by Gasteiger charge is 2.52. The van der Waals surface area contributed by atoms with Crippen LogP contribution >= 0.6 is 0 Å². The van der Waals surface area contributed by atoms with Gasteiger partial charge in [0.2, 0.25) is 0 Å². The number of imide groups is 1. The first-order valence-corrected chi connectivity index (χ1v) is 7.73. The summed E-state index contributed by atoms with van der Waals surface area (Å²) in [5.41, 5.74) is -2.27. The zero-order chi connectivity index (χ0) is 17.5. The monoisotopic (exact) mass is 342 g/mol. The molecule has 24 heavy (non-hydrogen) atoms. The summed E-state index contributed by atoms with van der Waals surface area (Å²) in [6, 6.07) is 3.95. The van der Waals surface area contributed by atoms with E-state index in [-0.39, 0.29) is 5.56 Å². The molecule has 1 saturated carbocycles. The van der Waals surface area contributed by atoms with Crippen molar-refractivity contribution in [3.8, 4) is 0 Å². The highest BCUT2D eigenvalue weighted by Crippen LogP contribution is 2.37. The lowest BCUT2D eigenvalue weighted by molar-refractivity contribution is -0.139. The molecule has 1 spiro atoms. The molecule has 1 atom stereocenters. The zero-order valence-electron chi connectivity index (χ0n) is 12.8. The fourth-order valence-corrected chi connectivity index (χ4v) is 3.48. The van der Waals surface area contributed by atoms with Crippen molar-refractivity contribution >= 4 is 11.9 Å². The fraction of sp³-hybridized carbons (Fsp3) is 0.500. The van der Waals surface area contributed by atoms with Crippen LogP contribution in [0.5, 0.6) is 0 Å². The molecule has 1 aliphatic heterocycles. The molecule has 0 unspecified atom stereocenters. The van der Waals surface area contributed by atoms with Crippen LogP contribution in [-0.4, -0.2) is 34.0 Å². The Hall–Kier alpha value is -2.09. The van der Waals surface area contributed by atoms with Gasteiger partial charge >= 0.3 is 12.2 Å². The minimum absolute atomic E-state index is 0.349. The molecular weight excluding hydrogens is 325 g/mol. The molecule has 2 fully saturated rings. The van der Waals surface area contributed by atoms with E-state index in [9.17, 15) is 27.9 Å². The molecule has 130 valence electrons. The summed E-state index contributed by atoms with van der Waals surface area (Å²) in [6.45, 7) is -0.500. The van der Waals surface area contributed by atoms with Crippen molar-refractivity contribution < 1.29 is 27.9 Å². The third-order valence-corrected chi connectivity index (χ3v) is 4.68. The molecule has 1 aliphatic carbocycles. The first-order chi connectivity index (χ1) is 11.2. The van der Waals surface area contributed by atoms with Crippen LogP contribution in [0, 0.1) is 0 Å². The molecule has 1 saturated heterocycles. The number of amides is 3. The van der Waals surface area contributed by atoms with Crippen molar-refractivity contribution in [3.05, 3.63) is 35.4 Å². The van der Waals surface area contributed by atoms with Crippen molar-refractivity contribution in [3.63, 3.8) is 0 Å². The number of alkyl halides is 3. The summed E-state index contributed by atoms with van der Waals surface area (Å²) in [4.78, 5) is 25.4. The Labute approximate surface area is 136 Å². The number of benzene rings is 1. The lowest BCUT2D eigenvalue weighted by Gasteiger charge is -2.23. The van der Waals surface area contributed by atoms with Gasteiger partial charge in [0.05, 0.1) is 18.2 Å². The van der Waals surface area contributed by atoms with E-state index in [1.54, 1.807) is 0 Å². The van der Waals surface area contributed by atoms with Crippen molar-refractivity contribution in [2.24, 2.45) is 0 Å². The molecule has 5 nitrogen and oxygen atoms in total. The van der Waals surface area contributed by atoms with E-state index in [2.05, 4.69) is 5.32 Å². The lowest BCUT2D eigenvalue weighted by Crippen LogP contribution is -2.44. The van der Waals surface area contributed by atoms with Crippen LogP contribution in [0.25, 0.3) is 0 Å². The fourth-order valence-electron chi connectivity index (χ4n) is 3.48. The average molecular weight is 342 g/mol. The van der Waals surface area contributed by atoms with Crippen LogP contribution in [0.3, 0.4) is 0 Å². The van der Waals surface area contributed by atoms with Crippen molar-refractivity contribution in [2.45, 2.75) is 43.5 Å². The summed E-state index contributed by atoms with van der Waals surface area (Å²) in [5, 5.41) is 12.9. The standard InChI is InChI=1S/C16H17F3N2O3/c17-16(18,19)11-6-2-1-5-10(11)12(22)9-21-13(23)15(20-14(21)24)7-3-4-8-15/h1-2,5-6,12,22H,3-4,7-9H2,(H,20,24)/t12-/m1/s1. The van der Waals surface area contributed by atoms with Gasteiger partial charge in [0.25, 0.3) is 5.91 Å². The van der Waals surface area contributed by atoms with Crippen LogP contribution < -0.4 is 5.32 Å². The second-order valence-corrected chi connectivity index (χ2v) is 6.24. The summed E-state index contributed by atoms with van der Waals surface area (Å²) >= 11 is 0. The van der Waals surface area contributed by atoms with Crippen LogP contribution in [0.1, 0.15) is 42.9 Å². The number of halogens is 3. The van der Waals surface area contributed by atoms with Crippen LogP contribution in [0.4, 0.5) is 18.0 Å². The van der Waals surface area contributed by atoms with Gasteiger partial charge in [-0.2, -0.15) is 13.2 Å². The molecule has 0 aromatic heterocycles. The van der Waals surface area contributed by atoms with E-state index in [1.807, 2.05) is 0 Å². The molecule has 1 aromatic rings. The molecule has 8 heteroatoms. The molecule has 1 aromatic carbocycles. The van der Waals surface area contributed by atoms with Crippen molar-refractivity contribution in [1.29, 1.82) is 0 Å². The van der Waals surface area contributed by atoms with Crippen molar-refractivity contribution in [2.75, 3.05) is 6.54 Å². The topological polar surface area (TPSA) is 69.6 Å². The number of hydrogen-bond donors (Lipinski definition) is 2. The van der Waals surface area contributed by atoms with Crippen LogP contribution in [0.2, 0.25) is 0 Å². The number of carbonyl (C=O) groups excluding carboxylic acids is 2. The quantitative estimate of drug-likeness (QED) is 0.830. The van der Waals surface area contributed by atoms with E-state index in [1.165, 1.54) is 12.1 Å². The number of aliphatic hydroxyl groups is 1. The van der Waals surface area contributed by atoms with Gasteiger partial charge in [-0.25, -0.2) is 4.79 Å². The molecule has 2 N–H and O–H groups in total. The first kappa shape index (κ1) is 16.8. The van der Waals surface area contributed by atoms with E-state index >= 15 is 0 Å². The Morgan fingerprint density at radius 1 is 1.21 bits per heavy atom. The number of aliphatic hydroxyl groups excluding tert-OH is 1. The minimum Gasteiger partial charge on any atom is -0.387 e. The van der Waals surface area contributed by atoms with Crippen molar-refractivity contribution in [1.82, 2.24) is 10.2 Å². The SMILES string of the molecule is O=C1NC2(CCCC2)C(=O)N1C[C@@H](O)c1ccccc1C(F)(F)F. The molecule has 3 rings (SSSR count). The summed E-state index contributed by atoms with van der Waals surface area (Å²) in [6.07, 6.45) is -3.58. The number of β-amino-alcohol motifs (C(OH)–C–C–N with tert-alkyl or cyclic N) is 1. The van der Waals surface area contributed by atoms with E-state index in [0.717, 1.165) is 29.9 Å². The van der Waals surface area contributed by atoms with Gasteiger partial charge in [-0.15, -0.1) is 0 Å². The Kier molecular flexibility index (Phi) is 4.03. The van der Waals surface area contributed by atoms with E-state index in [0.29, 0.717) is 12.8 Å². The van der Waals surface area contributed by atoms with Gasteiger partial charge in [-0.1, -0.05) is 31.0 Å². The maximum Gasteiger partial charge on any atom is 0.416 e. The second kappa shape index (κ2) is 5.77. The van der Waals surface area contributed by atoms with Gasteiger partial charge in [-0.3, -0.25) is 9.69 Å². The summed E-state index contributed by atoms with van der Waals surface area (Å²) < 4.78 is 39.1. The molecule has 2 aliphatic rings. The van der Waals surface area contributed by atoms with Crippen LogP contribution in [0.15, 0.2) is 24.3 Å². The lowest BCUT2D eigenvalue weighted by atomic mass is 9.97. The number of hydrogen-bond acceptors (Lipinski definition) is 3. The molecule has 3 amide bonds. The second-order valence-electron chi connectivity index (χ2n) is 6.24.